The average Bonchev–Trinajstić information content (AvgIpc) is 2.67. The van der Waals surface area contributed by atoms with E-state index in [1.165, 1.54) is 0 Å². The Kier molecular flexibility index (Phi) is 3.82. The van der Waals surface area contributed by atoms with Crippen molar-refractivity contribution in [3.05, 3.63) is 33.1 Å². The molecule has 1 fully saturated rings. The summed E-state index contributed by atoms with van der Waals surface area (Å²) in [6.07, 6.45) is 0.603. The molecule has 18 heavy (non-hydrogen) atoms. The van der Waals surface area contributed by atoms with Gasteiger partial charge in [0.25, 0.3) is 5.69 Å². The highest BCUT2D eigenvalue weighted by atomic mass is 35.5. The molecular formula is C10H10ClFN2O3S. The Morgan fingerprint density at radius 1 is 1.56 bits per heavy atom. The van der Waals surface area contributed by atoms with Gasteiger partial charge in [-0.05, 0) is 12.5 Å². The second-order valence-electron chi connectivity index (χ2n) is 3.98. The summed E-state index contributed by atoms with van der Waals surface area (Å²) < 4.78 is 24.9. The van der Waals surface area contributed by atoms with Crippen LogP contribution in [0.15, 0.2) is 12.1 Å². The van der Waals surface area contributed by atoms with E-state index in [-0.39, 0.29) is 16.8 Å². The molecule has 1 saturated heterocycles. The lowest BCUT2D eigenvalue weighted by Gasteiger charge is -2.13. The van der Waals surface area contributed by atoms with E-state index in [0.717, 1.165) is 12.1 Å². The highest BCUT2D eigenvalue weighted by Crippen LogP contribution is 2.32. The van der Waals surface area contributed by atoms with Crippen molar-refractivity contribution in [2.75, 3.05) is 16.8 Å². The van der Waals surface area contributed by atoms with Gasteiger partial charge in [0.2, 0.25) is 0 Å². The van der Waals surface area contributed by atoms with Gasteiger partial charge in [-0.25, -0.2) is 4.39 Å². The lowest BCUT2D eigenvalue weighted by atomic mass is 10.2. The Hall–Kier alpha value is -1.21. The minimum absolute atomic E-state index is 0.0280. The summed E-state index contributed by atoms with van der Waals surface area (Å²) in [5.74, 6) is 0.131. The van der Waals surface area contributed by atoms with Gasteiger partial charge in [0, 0.05) is 34.4 Å². The molecule has 2 rings (SSSR count). The largest absolute Gasteiger partial charge is 0.373 e. The maximum absolute atomic E-state index is 13.7. The summed E-state index contributed by atoms with van der Waals surface area (Å²) in [4.78, 5) is 10.2. The molecule has 1 aliphatic rings. The van der Waals surface area contributed by atoms with Crippen LogP contribution in [0.5, 0.6) is 0 Å². The average molecular weight is 293 g/mol. The second-order valence-corrected chi connectivity index (χ2v) is 6.04. The van der Waals surface area contributed by atoms with Crippen LogP contribution in [-0.2, 0) is 10.8 Å². The highest BCUT2D eigenvalue weighted by Gasteiger charge is 2.26. The molecule has 2 unspecified atom stereocenters. The fourth-order valence-corrected chi connectivity index (χ4v) is 3.44. The van der Waals surface area contributed by atoms with Crippen molar-refractivity contribution >= 4 is 33.8 Å². The summed E-state index contributed by atoms with van der Waals surface area (Å²) in [6, 6.07) is 1.90. The molecule has 8 heteroatoms. The van der Waals surface area contributed by atoms with Crippen molar-refractivity contribution in [3.8, 4) is 0 Å². The molecule has 0 saturated carbocycles. The highest BCUT2D eigenvalue weighted by molar-refractivity contribution is 7.85. The summed E-state index contributed by atoms with van der Waals surface area (Å²) in [7, 11) is -0.936. The standard InChI is InChI=1S/C10H10ClFN2O3S/c11-6-3-8(12)10(9(4-6)14(15)16)13-7-1-2-18(17)5-7/h3-4,7,13H,1-2,5H2. The van der Waals surface area contributed by atoms with Crippen molar-refractivity contribution in [1.82, 2.24) is 0 Å². The number of hydrogen-bond donors (Lipinski definition) is 1. The fourth-order valence-electron chi connectivity index (χ4n) is 1.83. The van der Waals surface area contributed by atoms with Crippen molar-refractivity contribution in [2.45, 2.75) is 12.5 Å². The van der Waals surface area contributed by atoms with Gasteiger partial charge in [-0.2, -0.15) is 0 Å². The molecule has 0 aromatic heterocycles. The number of hydrogen-bond acceptors (Lipinski definition) is 4. The summed E-state index contributed by atoms with van der Waals surface area (Å²) in [5, 5.41) is 13.6. The van der Waals surface area contributed by atoms with E-state index >= 15 is 0 Å². The zero-order valence-electron chi connectivity index (χ0n) is 9.19. The van der Waals surface area contributed by atoms with E-state index in [0.29, 0.717) is 17.9 Å². The van der Waals surface area contributed by atoms with Crippen LogP contribution in [-0.4, -0.2) is 26.7 Å². The van der Waals surface area contributed by atoms with E-state index in [1.54, 1.807) is 0 Å². The zero-order chi connectivity index (χ0) is 13.3. The first-order valence-electron chi connectivity index (χ1n) is 5.22. The first-order valence-corrected chi connectivity index (χ1v) is 7.09. The summed E-state index contributed by atoms with van der Waals surface area (Å²) in [6.45, 7) is 0. The molecule has 0 aliphatic carbocycles. The third-order valence-electron chi connectivity index (χ3n) is 2.66. The summed E-state index contributed by atoms with van der Waals surface area (Å²) >= 11 is 5.59. The third kappa shape index (κ3) is 2.78. The molecule has 0 bridgehead atoms. The van der Waals surface area contributed by atoms with Crippen molar-refractivity contribution in [3.63, 3.8) is 0 Å². The Morgan fingerprint density at radius 2 is 2.28 bits per heavy atom. The van der Waals surface area contributed by atoms with Crippen LogP contribution in [0.2, 0.25) is 5.02 Å². The normalized spacial score (nSPS) is 23.0. The molecule has 1 aromatic rings. The van der Waals surface area contributed by atoms with E-state index in [9.17, 15) is 18.7 Å². The zero-order valence-corrected chi connectivity index (χ0v) is 10.8. The van der Waals surface area contributed by atoms with Gasteiger partial charge in [0.05, 0.1) is 9.95 Å². The van der Waals surface area contributed by atoms with Gasteiger partial charge < -0.3 is 5.32 Å². The van der Waals surface area contributed by atoms with Crippen LogP contribution in [0, 0.1) is 15.9 Å². The molecule has 0 spiro atoms. The topological polar surface area (TPSA) is 72.2 Å². The van der Waals surface area contributed by atoms with Crippen LogP contribution in [0.25, 0.3) is 0 Å². The Morgan fingerprint density at radius 3 is 2.83 bits per heavy atom. The van der Waals surface area contributed by atoms with E-state index in [1.807, 2.05) is 0 Å². The predicted molar refractivity (Wildman–Crippen MR) is 68.0 cm³/mol. The third-order valence-corrected chi connectivity index (χ3v) is 4.34. The molecule has 0 amide bonds. The maximum atomic E-state index is 13.7. The molecule has 1 N–H and O–H groups in total. The van der Waals surface area contributed by atoms with Gasteiger partial charge in [-0.3, -0.25) is 14.3 Å². The number of anilines is 1. The van der Waals surface area contributed by atoms with Gasteiger partial charge in [0.15, 0.2) is 5.82 Å². The monoisotopic (exact) mass is 292 g/mol. The summed E-state index contributed by atoms with van der Waals surface area (Å²) in [5.41, 5.74) is -0.592. The molecule has 5 nitrogen and oxygen atoms in total. The number of nitrogens with zero attached hydrogens (tertiary/aromatic N) is 1. The quantitative estimate of drug-likeness (QED) is 0.685. The number of nitrogens with one attached hydrogen (secondary N) is 1. The fraction of sp³-hybridized carbons (Fsp3) is 0.400. The number of nitro benzene ring substituents is 1. The van der Waals surface area contributed by atoms with Crippen molar-refractivity contribution in [2.24, 2.45) is 0 Å². The second kappa shape index (κ2) is 5.19. The molecule has 0 radical (unpaired) electrons. The van der Waals surface area contributed by atoms with Gasteiger partial charge in [-0.1, -0.05) is 11.6 Å². The van der Waals surface area contributed by atoms with Crippen LogP contribution in [0.3, 0.4) is 0 Å². The lowest BCUT2D eigenvalue weighted by molar-refractivity contribution is -0.384. The van der Waals surface area contributed by atoms with E-state index < -0.39 is 27.2 Å². The molecule has 1 aromatic carbocycles. The van der Waals surface area contributed by atoms with Crippen LogP contribution < -0.4 is 5.32 Å². The van der Waals surface area contributed by atoms with Crippen LogP contribution >= 0.6 is 11.6 Å². The minimum Gasteiger partial charge on any atom is -0.373 e. The molecule has 2 atom stereocenters. The lowest BCUT2D eigenvalue weighted by Crippen LogP contribution is -2.21. The Labute approximate surface area is 110 Å². The first-order chi connectivity index (χ1) is 8.47. The molecule has 1 aliphatic heterocycles. The number of rotatable bonds is 3. The van der Waals surface area contributed by atoms with Crippen LogP contribution in [0.4, 0.5) is 15.8 Å². The Balaban J connectivity index is 2.31. The van der Waals surface area contributed by atoms with Gasteiger partial charge in [0.1, 0.15) is 5.69 Å². The smallest absolute Gasteiger partial charge is 0.296 e. The van der Waals surface area contributed by atoms with E-state index in [2.05, 4.69) is 5.32 Å². The van der Waals surface area contributed by atoms with Crippen LogP contribution in [0.1, 0.15) is 6.42 Å². The molecule has 1 heterocycles. The SMILES string of the molecule is O=[N+]([O-])c1cc(Cl)cc(F)c1NC1CCS(=O)C1. The minimum atomic E-state index is -0.936. The Bertz CT molecular complexity index is 526. The number of benzene rings is 1. The van der Waals surface area contributed by atoms with Gasteiger partial charge in [-0.15, -0.1) is 0 Å². The van der Waals surface area contributed by atoms with E-state index in [4.69, 9.17) is 11.6 Å². The number of nitro groups is 1. The molecule has 98 valence electrons. The number of halogens is 2. The predicted octanol–water partition coefficient (Wildman–Crippen LogP) is 2.32. The molecular weight excluding hydrogens is 283 g/mol. The maximum Gasteiger partial charge on any atom is 0.296 e. The van der Waals surface area contributed by atoms with Crippen molar-refractivity contribution < 1.29 is 13.5 Å². The van der Waals surface area contributed by atoms with Gasteiger partial charge >= 0.3 is 0 Å². The first kappa shape index (κ1) is 13.2. The van der Waals surface area contributed by atoms with Crippen molar-refractivity contribution in [1.29, 1.82) is 0 Å².